The number of ether oxygens (including phenoxy) is 1. The highest BCUT2D eigenvalue weighted by Gasteiger charge is 2.55. The van der Waals surface area contributed by atoms with Crippen LogP contribution in [0.5, 0.6) is 5.75 Å². The Labute approximate surface area is 250 Å². The summed E-state index contributed by atoms with van der Waals surface area (Å²) in [5.74, 6) is 0.359. The van der Waals surface area contributed by atoms with Crippen molar-refractivity contribution in [2.45, 2.75) is 95.2 Å². The quantitative estimate of drug-likeness (QED) is 0.246. The number of hydrogen-bond donors (Lipinski definition) is 4. The molecule has 10 heteroatoms. The molecule has 1 spiro atoms. The van der Waals surface area contributed by atoms with Crippen molar-refractivity contribution in [2.24, 2.45) is 5.92 Å². The van der Waals surface area contributed by atoms with E-state index in [2.05, 4.69) is 22.5 Å². The van der Waals surface area contributed by atoms with Gasteiger partial charge in [-0.25, -0.2) is 0 Å². The van der Waals surface area contributed by atoms with E-state index in [0.717, 1.165) is 71.0 Å². The number of aliphatic hydroxyl groups is 2. The van der Waals surface area contributed by atoms with E-state index in [1.54, 1.807) is 24.3 Å². The van der Waals surface area contributed by atoms with Gasteiger partial charge in [0.15, 0.2) is 0 Å². The first-order chi connectivity index (χ1) is 20.4. The summed E-state index contributed by atoms with van der Waals surface area (Å²) in [7, 11) is 0. The molecule has 3 amide bonds. The number of piperazine rings is 1. The van der Waals surface area contributed by atoms with Crippen molar-refractivity contribution in [1.29, 1.82) is 0 Å². The fourth-order valence-corrected chi connectivity index (χ4v) is 6.70. The Morgan fingerprint density at radius 2 is 1.79 bits per heavy atom. The summed E-state index contributed by atoms with van der Waals surface area (Å²) in [6.07, 6.45) is 9.15. The Balaban J connectivity index is 1.23. The molecule has 4 N–H and O–H groups in total. The number of unbranched alkanes of at least 4 members (excludes halogenated alkanes) is 2. The zero-order valence-corrected chi connectivity index (χ0v) is 25.2. The molecule has 1 aromatic rings. The lowest BCUT2D eigenvalue weighted by Gasteiger charge is -2.52. The minimum atomic E-state index is -0.833. The Bertz CT molecular complexity index is 1020. The number of nitrogens with zero attached hydrogens (tertiary/aromatic N) is 2. The molecule has 1 saturated carbocycles. The summed E-state index contributed by atoms with van der Waals surface area (Å²) in [5, 5.41) is 25.6. The second-order valence-electron chi connectivity index (χ2n) is 12.1. The van der Waals surface area contributed by atoms with Crippen molar-refractivity contribution in [3.05, 3.63) is 29.8 Å². The van der Waals surface area contributed by atoms with Crippen molar-refractivity contribution < 1.29 is 29.3 Å². The lowest BCUT2D eigenvalue weighted by Crippen LogP contribution is -2.75. The Morgan fingerprint density at radius 1 is 1.07 bits per heavy atom. The standard InChI is InChI=1S/C32H50N4O6/c1-2-3-19-36-30(40)27(28(38)24-9-5-4-6-10-24)34-31(41)32(36)15-20-35(21-16-32)18-7-8-23-42-26-13-11-25(12-14-26)29(39)33-17-22-37/h11-14,24,27-28,37-38H,2-10,15-23H2,1H3,(H,33,39)(H,34,41)/t27-,28-/m1/s1. The van der Waals surface area contributed by atoms with Gasteiger partial charge in [-0.05, 0) is 81.7 Å². The van der Waals surface area contributed by atoms with E-state index in [4.69, 9.17) is 9.84 Å². The van der Waals surface area contributed by atoms with E-state index in [0.29, 0.717) is 37.3 Å². The topological polar surface area (TPSA) is 131 Å². The average Bonchev–Trinajstić information content (AvgIpc) is 3.02. The minimum Gasteiger partial charge on any atom is -0.494 e. The first-order valence-electron chi connectivity index (χ1n) is 16.0. The van der Waals surface area contributed by atoms with Gasteiger partial charge >= 0.3 is 0 Å². The van der Waals surface area contributed by atoms with Gasteiger partial charge in [-0.1, -0.05) is 32.6 Å². The molecule has 3 fully saturated rings. The van der Waals surface area contributed by atoms with Crippen LogP contribution in [0.1, 0.15) is 87.9 Å². The van der Waals surface area contributed by atoms with Crippen LogP contribution in [-0.4, -0.2) is 101 Å². The van der Waals surface area contributed by atoms with Gasteiger partial charge < -0.3 is 35.4 Å². The number of hydrogen-bond acceptors (Lipinski definition) is 7. The van der Waals surface area contributed by atoms with Gasteiger partial charge in [0.2, 0.25) is 11.8 Å². The van der Waals surface area contributed by atoms with Gasteiger partial charge in [0, 0.05) is 31.7 Å². The lowest BCUT2D eigenvalue weighted by molar-refractivity contribution is -0.165. The van der Waals surface area contributed by atoms with Crippen molar-refractivity contribution >= 4 is 17.7 Å². The minimum absolute atomic E-state index is 0.0733. The number of piperidine rings is 1. The monoisotopic (exact) mass is 586 g/mol. The summed E-state index contributed by atoms with van der Waals surface area (Å²) in [6, 6.07) is 6.14. The molecule has 42 heavy (non-hydrogen) atoms. The molecule has 1 aromatic carbocycles. The van der Waals surface area contributed by atoms with E-state index in [1.165, 1.54) is 6.42 Å². The second kappa shape index (κ2) is 15.7. The summed E-state index contributed by atoms with van der Waals surface area (Å²) in [6.45, 7) is 5.75. The first-order valence-corrected chi connectivity index (χ1v) is 16.0. The number of carbonyl (C=O) groups excluding carboxylic acids is 3. The summed E-state index contributed by atoms with van der Waals surface area (Å²) in [5.41, 5.74) is -0.299. The van der Waals surface area contributed by atoms with Gasteiger partial charge in [0.1, 0.15) is 17.3 Å². The lowest BCUT2D eigenvalue weighted by atomic mass is 9.78. The number of likely N-dealkylation sites (tertiary alicyclic amines) is 1. The maximum atomic E-state index is 13.8. The molecule has 2 atom stereocenters. The zero-order valence-electron chi connectivity index (χ0n) is 25.2. The smallest absolute Gasteiger partial charge is 0.251 e. The van der Waals surface area contributed by atoms with E-state index in [-0.39, 0.29) is 36.8 Å². The third kappa shape index (κ3) is 7.82. The van der Waals surface area contributed by atoms with Crippen LogP contribution in [0, 0.1) is 5.92 Å². The Morgan fingerprint density at radius 3 is 2.45 bits per heavy atom. The second-order valence-corrected chi connectivity index (χ2v) is 12.1. The fourth-order valence-electron chi connectivity index (χ4n) is 6.70. The maximum absolute atomic E-state index is 13.8. The number of amides is 3. The van der Waals surface area contributed by atoms with Crippen LogP contribution < -0.4 is 15.4 Å². The van der Waals surface area contributed by atoms with Gasteiger partial charge in [0.05, 0.1) is 19.3 Å². The van der Waals surface area contributed by atoms with Crippen LogP contribution >= 0.6 is 0 Å². The number of nitrogens with one attached hydrogen (secondary N) is 2. The molecule has 4 rings (SSSR count). The van der Waals surface area contributed by atoms with Gasteiger partial charge in [0.25, 0.3) is 5.91 Å². The van der Waals surface area contributed by atoms with Crippen LogP contribution in [0.4, 0.5) is 0 Å². The molecule has 2 aliphatic heterocycles. The maximum Gasteiger partial charge on any atom is 0.251 e. The molecule has 0 unspecified atom stereocenters. The molecule has 10 nitrogen and oxygen atoms in total. The van der Waals surface area contributed by atoms with E-state index < -0.39 is 17.7 Å². The molecule has 3 aliphatic rings. The Hall–Kier alpha value is -2.69. The molecule has 2 heterocycles. The summed E-state index contributed by atoms with van der Waals surface area (Å²) >= 11 is 0. The van der Waals surface area contributed by atoms with Crippen molar-refractivity contribution in [2.75, 3.05) is 45.9 Å². The highest BCUT2D eigenvalue weighted by molar-refractivity contribution is 6.00. The van der Waals surface area contributed by atoms with Crippen molar-refractivity contribution in [3.8, 4) is 5.75 Å². The SMILES string of the molecule is CCCCN1C(=O)[C@@H]([C@H](O)C2CCCCC2)NC(=O)C12CCN(CCCCOc1ccc(C(=O)NCCO)cc1)CC2. The fraction of sp³-hybridized carbons (Fsp3) is 0.719. The summed E-state index contributed by atoms with van der Waals surface area (Å²) < 4.78 is 5.84. The van der Waals surface area contributed by atoms with Gasteiger partial charge in [-0.15, -0.1) is 0 Å². The third-order valence-electron chi connectivity index (χ3n) is 9.30. The number of benzene rings is 1. The predicted octanol–water partition coefficient (Wildman–Crippen LogP) is 2.47. The predicted molar refractivity (Wildman–Crippen MR) is 160 cm³/mol. The van der Waals surface area contributed by atoms with E-state index in [1.807, 2.05) is 4.90 Å². The van der Waals surface area contributed by atoms with E-state index >= 15 is 0 Å². The van der Waals surface area contributed by atoms with Crippen LogP contribution in [0.2, 0.25) is 0 Å². The molecule has 0 bridgehead atoms. The van der Waals surface area contributed by atoms with Crippen LogP contribution in [0.3, 0.4) is 0 Å². The van der Waals surface area contributed by atoms with Crippen LogP contribution in [-0.2, 0) is 9.59 Å². The summed E-state index contributed by atoms with van der Waals surface area (Å²) in [4.78, 5) is 43.6. The highest BCUT2D eigenvalue weighted by atomic mass is 16.5. The number of aliphatic hydroxyl groups excluding tert-OH is 2. The number of carbonyl (C=O) groups is 3. The molecule has 0 radical (unpaired) electrons. The first kappa shape index (κ1) is 32.2. The Kier molecular flexibility index (Phi) is 12.0. The van der Waals surface area contributed by atoms with Crippen molar-refractivity contribution in [3.63, 3.8) is 0 Å². The third-order valence-corrected chi connectivity index (χ3v) is 9.30. The molecule has 1 aliphatic carbocycles. The van der Waals surface area contributed by atoms with E-state index in [9.17, 15) is 19.5 Å². The van der Waals surface area contributed by atoms with Crippen LogP contribution in [0.15, 0.2) is 24.3 Å². The number of rotatable bonds is 14. The van der Waals surface area contributed by atoms with Gasteiger partial charge in [-0.3, -0.25) is 14.4 Å². The molecular weight excluding hydrogens is 536 g/mol. The zero-order chi connectivity index (χ0) is 30.0. The average molecular weight is 587 g/mol. The molecule has 0 aromatic heterocycles. The molecule has 2 saturated heterocycles. The highest BCUT2D eigenvalue weighted by Crippen LogP contribution is 2.36. The van der Waals surface area contributed by atoms with Crippen molar-refractivity contribution in [1.82, 2.24) is 20.4 Å². The normalized spacial score (nSPS) is 22.2. The molecule has 234 valence electrons. The van der Waals surface area contributed by atoms with Gasteiger partial charge in [-0.2, -0.15) is 0 Å². The largest absolute Gasteiger partial charge is 0.494 e. The van der Waals surface area contributed by atoms with Crippen LogP contribution in [0.25, 0.3) is 0 Å². The molecular formula is C32H50N4O6.